The standard InChI is InChI=1S/C23H27N5O3/c1-14-4-5-18(24)16(10-14)23(29)27-15-6-8-28(9-7-15)22-17-11-20(30-2)21(31-3)12-19(17)25-13-26-22/h4-5,10-13,15H,6-9,24H2,1-3H3,(H,27,29). The molecule has 0 unspecified atom stereocenters. The van der Waals surface area contributed by atoms with Gasteiger partial charge in [-0.25, -0.2) is 9.97 Å². The molecule has 1 aliphatic heterocycles. The van der Waals surface area contributed by atoms with Gasteiger partial charge in [0.1, 0.15) is 12.1 Å². The maximum Gasteiger partial charge on any atom is 0.253 e. The van der Waals surface area contributed by atoms with Crippen LogP contribution in [0, 0.1) is 6.92 Å². The van der Waals surface area contributed by atoms with Gasteiger partial charge in [0.25, 0.3) is 5.91 Å². The molecule has 2 heterocycles. The lowest BCUT2D eigenvalue weighted by Crippen LogP contribution is -2.45. The lowest BCUT2D eigenvalue weighted by molar-refractivity contribution is 0.0932. The van der Waals surface area contributed by atoms with Gasteiger partial charge in [-0.15, -0.1) is 0 Å². The van der Waals surface area contributed by atoms with Gasteiger partial charge in [-0.2, -0.15) is 0 Å². The predicted octanol–water partition coefficient (Wildman–Crippen LogP) is 2.94. The first kappa shape index (κ1) is 20.7. The molecule has 2 aromatic carbocycles. The molecule has 1 saturated heterocycles. The molecular weight excluding hydrogens is 394 g/mol. The van der Waals surface area contributed by atoms with Crippen LogP contribution in [-0.2, 0) is 0 Å². The van der Waals surface area contributed by atoms with Gasteiger partial charge < -0.3 is 25.4 Å². The fraction of sp³-hybridized carbons (Fsp3) is 0.348. The molecule has 3 N–H and O–H groups in total. The molecular formula is C23H27N5O3. The van der Waals surface area contributed by atoms with Gasteiger partial charge in [0.2, 0.25) is 0 Å². The molecule has 162 valence electrons. The highest BCUT2D eigenvalue weighted by Crippen LogP contribution is 2.35. The van der Waals surface area contributed by atoms with Crippen molar-refractivity contribution in [1.82, 2.24) is 15.3 Å². The van der Waals surface area contributed by atoms with E-state index in [-0.39, 0.29) is 11.9 Å². The Morgan fingerprint density at radius 3 is 2.52 bits per heavy atom. The highest BCUT2D eigenvalue weighted by atomic mass is 16.5. The third-order valence-corrected chi connectivity index (χ3v) is 5.70. The van der Waals surface area contributed by atoms with Gasteiger partial charge in [0.15, 0.2) is 11.5 Å². The molecule has 8 heteroatoms. The quantitative estimate of drug-likeness (QED) is 0.611. The van der Waals surface area contributed by atoms with Crippen molar-refractivity contribution < 1.29 is 14.3 Å². The number of aryl methyl sites for hydroxylation is 1. The predicted molar refractivity (Wildman–Crippen MR) is 121 cm³/mol. The minimum atomic E-state index is -0.121. The number of nitrogens with zero attached hydrogens (tertiary/aromatic N) is 3. The lowest BCUT2D eigenvalue weighted by atomic mass is 10.0. The number of nitrogen functional groups attached to an aromatic ring is 1. The number of methoxy groups -OCH3 is 2. The maximum absolute atomic E-state index is 12.7. The molecule has 0 saturated carbocycles. The van der Waals surface area contributed by atoms with Gasteiger partial charge >= 0.3 is 0 Å². The number of aromatic nitrogens is 2. The van der Waals surface area contributed by atoms with Crippen LogP contribution in [0.5, 0.6) is 11.5 Å². The third kappa shape index (κ3) is 4.19. The smallest absolute Gasteiger partial charge is 0.253 e. The van der Waals surface area contributed by atoms with Crippen LogP contribution in [0.4, 0.5) is 11.5 Å². The largest absolute Gasteiger partial charge is 0.493 e. The van der Waals surface area contributed by atoms with Gasteiger partial charge in [-0.05, 0) is 38.0 Å². The number of fused-ring (bicyclic) bond motifs is 1. The highest BCUT2D eigenvalue weighted by molar-refractivity contribution is 5.99. The molecule has 3 aromatic rings. The number of hydrogen-bond donors (Lipinski definition) is 2. The van der Waals surface area contributed by atoms with E-state index < -0.39 is 0 Å². The van der Waals surface area contributed by atoms with Gasteiger partial charge in [-0.3, -0.25) is 4.79 Å². The van der Waals surface area contributed by atoms with Crippen molar-refractivity contribution in [3.8, 4) is 11.5 Å². The summed E-state index contributed by atoms with van der Waals surface area (Å²) in [4.78, 5) is 23.8. The number of amides is 1. The summed E-state index contributed by atoms with van der Waals surface area (Å²) in [6.45, 7) is 3.49. The zero-order chi connectivity index (χ0) is 22.0. The van der Waals surface area contributed by atoms with Crippen LogP contribution in [0.3, 0.4) is 0 Å². The fourth-order valence-corrected chi connectivity index (χ4v) is 3.99. The maximum atomic E-state index is 12.7. The van der Waals surface area contributed by atoms with Crippen LogP contribution < -0.4 is 25.4 Å². The van der Waals surface area contributed by atoms with E-state index in [4.69, 9.17) is 15.2 Å². The molecule has 1 amide bonds. The number of piperidine rings is 1. The second kappa shape index (κ2) is 8.67. The van der Waals surface area contributed by atoms with Crippen LogP contribution in [0.1, 0.15) is 28.8 Å². The van der Waals surface area contributed by atoms with Crippen molar-refractivity contribution in [2.45, 2.75) is 25.8 Å². The number of carbonyl (C=O) groups excluding carboxylic acids is 1. The number of carbonyl (C=O) groups is 1. The highest BCUT2D eigenvalue weighted by Gasteiger charge is 2.24. The molecule has 1 fully saturated rings. The number of anilines is 2. The van der Waals surface area contributed by atoms with E-state index in [9.17, 15) is 4.79 Å². The Labute approximate surface area is 181 Å². The van der Waals surface area contributed by atoms with Gasteiger partial charge in [-0.1, -0.05) is 11.6 Å². The summed E-state index contributed by atoms with van der Waals surface area (Å²) in [7, 11) is 3.22. The van der Waals surface area contributed by atoms with E-state index in [0.29, 0.717) is 22.7 Å². The van der Waals surface area contributed by atoms with E-state index in [2.05, 4.69) is 20.2 Å². The van der Waals surface area contributed by atoms with E-state index in [0.717, 1.165) is 48.2 Å². The fourth-order valence-electron chi connectivity index (χ4n) is 3.99. The van der Waals surface area contributed by atoms with Gasteiger partial charge in [0.05, 0.1) is 25.3 Å². The number of nitrogens with one attached hydrogen (secondary N) is 1. The van der Waals surface area contributed by atoms with E-state index >= 15 is 0 Å². The Kier molecular flexibility index (Phi) is 5.79. The summed E-state index contributed by atoms with van der Waals surface area (Å²) in [5.74, 6) is 2.02. The van der Waals surface area contributed by atoms with Crippen LogP contribution in [0.2, 0.25) is 0 Å². The Bertz CT molecular complexity index is 1110. The topological polar surface area (TPSA) is 103 Å². The second-order valence-corrected chi connectivity index (χ2v) is 7.75. The molecule has 1 aromatic heterocycles. The number of ether oxygens (including phenoxy) is 2. The number of nitrogens with two attached hydrogens (primary N) is 1. The lowest BCUT2D eigenvalue weighted by Gasteiger charge is -2.33. The monoisotopic (exact) mass is 421 g/mol. The second-order valence-electron chi connectivity index (χ2n) is 7.75. The van der Waals surface area contributed by atoms with E-state index in [1.54, 1.807) is 26.6 Å². The molecule has 0 aliphatic carbocycles. The van der Waals surface area contributed by atoms with Crippen molar-refractivity contribution in [3.05, 3.63) is 47.8 Å². The Morgan fingerprint density at radius 1 is 1.10 bits per heavy atom. The Hall–Kier alpha value is -3.55. The number of benzene rings is 2. The Balaban J connectivity index is 1.48. The molecule has 0 atom stereocenters. The van der Waals surface area contributed by atoms with E-state index in [1.807, 2.05) is 31.2 Å². The van der Waals surface area contributed by atoms with Crippen LogP contribution in [-0.4, -0.2) is 49.2 Å². The van der Waals surface area contributed by atoms with Crippen molar-refractivity contribution in [2.24, 2.45) is 0 Å². The van der Waals surface area contributed by atoms with Crippen molar-refractivity contribution in [3.63, 3.8) is 0 Å². The van der Waals surface area contributed by atoms with Crippen molar-refractivity contribution in [2.75, 3.05) is 37.9 Å². The van der Waals surface area contributed by atoms with Crippen LogP contribution in [0.25, 0.3) is 10.9 Å². The molecule has 1 aliphatic rings. The zero-order valence-electron chi connectivity index (χ0n) is 18.0. The summed E-state index contributed by atoms with van der Waals surface area (Å²) in [6, 6.07) is 9.37. The molecule has 8 nitrogen and oxygen atoms in total. The van der Waals surface area contributed by atoms with Crippen LogP contribution >= 0.6 is 0 Å². The van der Waals surface area contributed by atoms with Gasteiger partial charge in [0, 0.05) is 36.3 Å². The first-order valence-corrected chi connectivity index (χ1v) is 10.3. The molecule has 31 heavy (non-hydrogen) atoms. The molecule has 4 rings (SSSR count). The summed E-state index contributed by atoms with van der Waals surface area (Å²) >= 11 is 0. The first-order valence-electron chi connectivity index (χ1n) is 10.3. The average molecular weight is 422 g/mol. The first-order chi connectivity index (χ1) is 15.0. The average Bonchev–Trinajstić information content (AvgIpc) is 2.79. The number of hydrogen-bond acceptors (Lipinski definition) is 7. The normalized spacial score (nSPS) is 14.5. The molecule has 0 bridgehead atoms. The summed E-state index contributed by atoms with van der Waals surface area (Å²) in [5.41, 5.74) is 8.83. The van der Waals surface area contributed by atoms with E-state index in [1.165, 1.54) is 0 Å². The summed E-state index contributed by atoms with van der Waals surface area (Å²) < 4.78 is 10.8. The van der Waals surface area contributed by atoms with Crippen molar-refractivity contribution in [1.29, 1.82) is 0 Å². The van der Waals surface area contributed by atoms with Crippen LogP contribution in [0.15, 0.2) is 36.7 Å². The van der Waals surface area contributed by atoms with Crippen molar-refractivity contribution >= 4 is 28.3 Å². The Morgan fingerprint density at radius 2 is 1.81 bits per heavy atom. The summed E-state index contributed by atoms with van der Waals surface area (Å²) in [6.07, 6.45) is 3.20. The minimum Gasteiger partial charge on any atom is -0.493 e. The molecule has 0 spiro atoms. The minimum absolute atomic E-state index is 0.0893. The molecule has 0 radical (unpaired) electrons. The summed E-state index contributed by atoms with van der Waals surface area (Å²) in [5, 5.41) is 4.04. The zero-order valence-corrected chi connectivity index (χ0v) is 18.0. The third-order valence-electron chi connectivity index (χ3n) is 5.70. The SMILES string of the molecule is COc1cc2ncnc(N3CCC(NC(=O)c4cc(C)ccc4N)CC3)c2cc1OC. The number of rotatable bonds is 5.